The van der Waals surface area contributed by atoms with Gasteiger partial charge in [-0.05, 0) is 37.5 Å². The molecule has 0 bridgehead atoms. The molecule has 0 spiro atoms. The average Bonchev–Trinajstić information content (AvgIpc) is 2.84. The Bertz CT molecular complexity index is 412. The van der Waals surface area contributed by atoms with E-state index in [-0.39, 0.29) is 5.41 Å². The quantitative estimate of drug-likeness (QED) is 0.752. The van der Waals surface area contributed by atoms with Crippen LogP contribution in [0.4, 0.5) is 0 Å². The Morgan fingerprint density at radius 2 is 1.33 bits per heavy atom. The van der Waals surface area contributed by atoms with Gasteiger partial charge in [0.2, 0.25) is 0 Å². The highest BCUT2D eigenvalue weighted by molar-refractivity contribution is 6.09. The maximum atomic E-state index is 5.91. The summed E-state index contributed by atoms with van der Waals surface area (Å²) in [7, 11) is 0. The highest BCUT2D eigenvalue weighted by Crippen LogP contribution is 2.51. The van der Waals surface area contributed by atoms with E-state index in [4.69, 9.17) is 19.5 Å². The minimum atomic E-state index is -0.0997. The Kier molecular flexibility index (Phi) is 3.98. The number of hydrogen-bond donors (Lipinski definition) is 0. The first-order chi connectivity index (χ1) is 9.99. The number of hydrogen-bond acceptors (Lipinski definition) is 4. The lowest BCUT2D eigenvalue weighted by molar-refractivity contribution is 0.269. The molecule has 0 aromatic rings. The average molecular weight is 292 g/mol. The zero-order chi connectivity index (χ0) is 15.0. The number of nitrogens with zero attached hydrogens (tertiary/aromatic N) is 2. The molecule has 2 aliphatic heterocycles. The first-order valence-electron chi connectivity index (χ1n) is 8.42. The van der Waals surface area contributed by atoms with Crippen LogP contribution in [-0.4, -0.2) is 37.1 Å². The number of rotatable bonds is 6. The summed E-state index contributed by atoms with van der Waals surface area (Å²) in [6, 6.07) is 0.650. The molecule has 118 valence electrons. The van der Waals surface area contributed by atoms with Crippen LogP contribution < -0.4 is 0 Å². The summed E-state index contributed by atoms with van der Waals surface area (Å²) in [6.45, 7) is 10.4. The summed E-state index contributed by atoms with van der Waals surface area (Å²) >= 11 is 0. The first kappa shape index (κ1) is 14.9. The van der Waals surface area contributed by atoms with E-state index in [9.17, 15) is 0 Å². The second-order valence-corrected chi connectivity index (χ2v) is 7.64. The molecule has 0 saturated heterocycles. The van der Waals surface area contributed by atoms with Crippen LogP contribution in [0, 0.1) is 17.3 Å². The van der Waals surface area contributed by atoms with Crippen molar-refractivity contribution in [1.82, 2.24) is 0 Å². The van der Waals surface area contributed by atoms with Crippen molar-refractivity contribution < 1.29 is 9.47 Å². The van der Waals surface area contributed by atoms with Crippen LogP contribution in [0.3, 0.4) is 0 Å². The molecule has 2 unspecified atom stereocenters. The van der Waals surface area contributed by atoms with Crippen molar-refractivity contribution in [2.45, 2.75) is 65.5 Å². The van der Waals surface area contributed by atoms with Gasteiger partial charge in [-0.2, -0.15) is 0 Å². The van der Waals surface area contributed by atoms with Gasteiger partial charge in [-0.25, -0.2) is 9.98 Å². The van der Waals surface area contributed by atoms with Crippen molar-refractivity contribution in [2.24, 2.45) is 27.2 Å². The zero-order valence-electron chi connectivity index (χ0n) is 13.8. The first-order valence-corrected chi connectivity index (χ1v) is 8.42. The fraction of sp³-hybridized carbons (Fsp3) is 0.882. The minimum absolute atomic E-state index is 0.0997. The maximum Gasteiger partial charge on any atom is 0.199 e. The van der Waals surface area contributed by atoms with Gasteiger partial charge in [0, 0.05) is 0 Å². The lowest BCUT2D eigenvalue weighted by Crippen LogP contribution is -2.26. The zero-order valence-corrected chi connectivity index (χ0v) is 13.8. The van der Waals surface area contributed by atoms with Gasteiger partial charge in [-0.15, -0.1) is 0 Å². The molecule has 4 heteroatoms. The molecule has 4 nitrogen and oxygen atoms in total. The molecular weight excluding hydrogens is 264 g/mol. The van der Waals surface area contributed by atoms with E-state index in [1.54, 1.807) is 0 Å². The Hall–Kier alpha value is -1.06. The van der Waals surface area contributed by atoms with Gasteiger partial charge in [-0.3, -0.25) is 0 Å². The SMILES string of the molecule is CC(C)CC1COC(C2(C3=NC(CC(C)C)CO3)CC2)=N1. The topological polar surface area (TPSA) is 43.2 Å². The molecule has 3 aliphatic rings. The van der Waals surface area contributed by atoms with Crippen LogP contribution in [0.15, 0.2) is 9.98 Å². The largest absolute Gasteiger partial charge is 0.478 e. The van der Waals surface area contributed by atoms with Crippen LogP contribution in [0.25, 0.3) is 0 Å². The van der Waals surface area contributed by atoms with Crippen molar-refractivity contribution in [3.63, 3.8) is 0 Å². The van der Waals surface area contributed by atoms with Crippen molar-refractivity contribution in [3.05, 3.63) is 0 Å². The van der Waals surface area contributed by atoms with E-state index >= 15 is 0 Å². The Morgan fingerprint density at radius 3 is 1.67 bits per heavy atom. The third-order valence-electron chi connectivity index (χ3n) is 4.48. The molecule has 1 fully saturated rings. The van der Waals surface area contributed by atoms with Crippen LogP contribution >= 0.6 is 0 Å². The monoisotopic (exact) mass is 292 g/mol. The summed E-state index contributed by atoms with van der Waals surface area (Å²) in [6.07, 6.45) is 4.35. The molecule has 0 aromatic carbocycles. The van der Waals surface area contributed by atoms with Gasteiger partial charge >= 0.3 is 0 Å². The summed E-state index contributed by atoms with van der Waals surface area (Å²) in [5.41, 5.74) is -0.0997. The van der Waals surface area contributed by atoms with E-state index in [0.29, 0.717) is 23.9 Å². The molecular formula is C17H28N2O2. The second kappa shape index (κ2) is 5.62. The van der Waals surface area contributed by atoms with Gasteiger partial charge in [0.15, 0.2) is 11.8 Å². The number of aliphatic imine (C=N–C) groups is 2. The van der Waals surface area contributed by atoms with E-state index in [0.717, 1.165) is 50.7 Å². The molecule has 1 saturated carbocycles. The highest BCUT2D eigenvalue weighted by atomic mass is 16.5. The molecule has 0 radical (unpaired) electrons. The summed E-state index contributed by atoms with van der Waals surface area (Å²) in [4.78, 5) is 9.65. The highest BCUT2D eigenvalue weighted by Gasteiger charge is 2.58. The Morgan fingerprint density at radius 1 is 0.905 bits per heavy atom. The van der Waals surface area contributed by atoms with Gasteiger partial charge in [-0.1, -0.05) is 27.7 Å². The molecule has 1 aliphatic carbocycles. The predicted octanol–water partition coefficient (Wildman–Crippen LogP) is 3.45. The lowest BCUT2D eigenvalue weighted by Gasteiger charge is -2.13. The van der Waals surface area contributed by atoms with Crippen molar-refractivity contribution in [2.75, 3.05) is 13.2 Å². The molecule has 2 heterocycles. The molecule has 3 rings (SSSR count). The maximum absolute atomic E-state index is 5.91. The smallest absolute Gasteiger partial charge is 0.199 e. The lowest BCUT2D eigenvalue weighted by atomic mass is 10.0. The molecule has 0 aromatic heterocycles. The van der Waals surface area contributed by atoms with Crippen LogP contribution in [0.1, 0.15) is 53.4 Å². The second-order valence-electron chi connectivity index (χ2n) is 7.64. The fourth-order valence-electron chi connectivity index (χ4n) is 3.33. The van der Waals surface area contributed by atoms with Crippen LogP contribution in [0.5, 0.6) is 0 Å². The van der Waals surface area contributed by atoms with Crippen molar-refractivity contribution >= 4 is 11.8 Å². The summed E-state index contributed by atoms with van der Waals surface area (Å²) in [5, 5.41) is 0. The van der Waals surface area contributed by atoms with Gasteiger partial charge in [0.25, 0.3) is 0 Å². The van der Waals surface area contributed by atoms with Crippen molar-refractivity contribution in [1.29, 1.82) is 0 Å². The van der Waals surface area contributed by atoms with Crippen molar-refractivity contribution in [3.8, 4) is 0 Å². The van der Waals surface area contributed by atoms with Crippen LogP contribution in [-0.2, 0) is 9.47 Å². The standard InChI is InChI=1S/C17H28N2O2/c1-11(2)7-13-9-20-15(18-13)17(5-6-17)16-19-14(10-21-16)8-12(3)4/h11-14H,5-10H2,1-4H3. The molecule has 0 amide bonds. The van der Waals surface area contributed by atoms with Crippen LogP contribution in [0.2, 0.25) is 0 Å². The normalized spacial score (nSPS) is 30.2. The summed E-state index contributed by atoms with van der Waals surface area (Å²) in [5.74, 6) is 3.12. The Labute approximate surface area is 128 Å². The van der Waals surface area contributed by atoms with E-state index in [1.807, 2.05) is 0 Å². The molecule has 2 atom stereocenters. The van der Waals surface area contributed by atoms with E-state index in [2.05, 4.69) is 27.7 Å². The van der Waals surface area contributed by atoms with Gasteiger partial charge < -0.3 is 9.47 Å². The van der Waals surface area contributed by atoms with Gasteiger partial charge in [0.05, 0.1) is 12.1 Å². The molecule has 0 N–H and O–H groups in total. The predicted molar refractivity (Wildman–Crippen MR) is 84.9 cm³/mol. The van der Waals surface area contributed by atoms with Gasteiger partial charge in [0.1, 0.15) is 18.6 Å². The molecule has 21 heavy (non-hydrogen) atoms. The fourth-order valence-corrected chi connectivity index (χ4v) is 3.33. The third-order valence-corrected chi connectivity index (χ3v) is 4.48. The van der Waals surface area contributed by atoms with E-state index in [1.165, 1.54) is 0 Å². The van der Waals surface area contributed by atoms with E-state index < -0.39 is 0 Å². The third kappa shape index (κ3) is 3.09. The number of ether oxygens (including phenoxy) is 2. The summed E-state index contributed by atoms with van der Waals surface area (Å²) < 4.78 is 11.8. The Balaban J connectivity index is 1.68. The minimum Gasteiger partial charge on any atom is -0.478 e.